The highest BCUT2D eigenvalue weighted by Gasteiger charge is 2.11. The van der Waals surface area contributed by atoms with E-state index >= 15 is 0 Å². The largest absolute Gasteiger partial charge is 0.491 e. The zero-order valence-electron chi connectivity index (χ0n) is 11.8. The molecule has 1 amide bonds. The second-order valence-electron chi connectivity index (χ2n) is 4.93. The van der Waals surface area contributed by atoms with Gasteiger partial charge >= 0.3 is 5.97 Å². The molecule has 0 aromatic heterocycles. The van der Waals surface area contributed by atoms with Crippen LogP contribution < -0.4 is 10.1 Å². The molecule has 0 saturated heterocycles. The van der Waals surface area contributed by atoms with E-state index in [4.69, 9.17) is 9.84 Å². The molecule has 0 radical (unpaired) electrons. The monoisotopic (exact) mass is 279 g/mol. The van der Waals surface area contributed by atoms with Crippen molar-refractivity contribution in [3.05, 3.63) is 29.8 Å². The summed E-state index contributed by atoms with van der Waals surface area (Å²) in [6.07, 6.45) is 1.80. The minimum absolute atomic E-state index is 0.0417. The number of carbonyl (C=O) groups is 2. The lowest BCUT2D eigenvalue weighted by Gasteiger charge is -2.16. The van der Waals surface area contributed by atoms with Crippen molar-refractivity contribution in [2.75, 3.05) is 0 Å². The lowest BCUT2D eigenvalue weighted by atomic mass is 10.0. The number of hydrogen-bond acceptors (Lipinski definition) is 3. The fraction of sp³-hybridized carbons (Fsp3) is 0.467. The number of nitrogens with one attached hydrogen (secondary N) is 1. The lowest BCUT2D eigenvalue weighted by molar-refractivity contribution is -0.137. The average Bonchev–Trinajstić information content (AvgIpc) is 2.38. The van der Waals surface area contributed by atoms with Crippen LogP contribution in [0.4, 0.5) is 0 Å². The molecule has 0 bridgehead atoms. The predicted molar refractivity (Wildman–Crippen MR) is 75.8 cm³/mol. The second-order valence-corrected chi connectivity index (χ2v) is 4.93. The normalized spacial score (nSPS) is 11.9. The molecule has 0 aliphatic rings. The summed E-state index contributed by atoms with van der Waals surface area (Å²) in [4.78, 5) is 21.1. The van der Waals surface area contributed by atoms with Crippen LogP contribution in [-0.4, -0.2) is 29.6 Å². The number of aliphatic carboxylic acids is 1. The summed E-state index contributed by atoms with van der Waals surface area (Å²) in [5.74, 6) is -0.0578. The summed E-state index contributed by atoms with van der Waals surface area (Å²) in [5, 5.41) is 11.3. The Morgan fingerprint density at radius 3 is 2.50 bits per heavy atom. The Labute approximate surface area is 118 Å². The van der Waals surface area contributed by atoms with Gasteiger partial charge in [0.1, 0.15) is 5.75 Å². The van der Waals surface area contributed by atoms with Gasteiger partial charge in [-0.05, 0) is 44.4 Å². The summed E-state index contributed by atoms with van der Waals surface area (Å²) >= 11 is 0. The van der Waals surface area contributed by atoms with Gasteiger partial charge < -0.3 is 15.2 Å². The van der Waals surface area contributed by atoms with Crippen LogP contribution in [0.5, 0.6) is 5.75 Å². The van der Waals surface area contributed by atoms with Gasteiger partial charge in [0.2, 0.25) is 6.41 Å². The molecular weight excluding hydrogens is 258 g/mol. The van der Waals surface area contributed by atoms with Gasteiger partial charge in [0.05, 0.1) is 6.10 Å². The van der Waals surface area contributed by atoms with Gasteiger partial charge in [-0.2, -0.15) is 0 Å². The summed E-state index contributed by atoms with van der Waals surface area (Å²) < 4.78 is 5.55. The van der Waals surface area contributed by atoms with Crippen LogP contribution in [0.2, 0.25) is 0 Å². The van der Waals surface area contributed by atoms with E-state index in [1.165, 1.54) is 0 Å². The van der Waals surface area contributed by atoms with Crippen LogP contribution in [0, 0.1) is 0 Å². The van der Waals surface area contributed by atoms with Crippen molar-refractivity contribution in [1.29, 1.82) is 0 Å². The SMILES string of the molecule is CC(C)Oc1ccc(CC(CCC(=O)O)NC=O)cc1. The van der Waals surface area contributed by atoms with Crippen molar-refractivity contribution in [2.24, 2.45) is 0 Å². The molecule has 110 valence electrons. The minimum Gasteiger partial charge on any atom is -0.491 e. The van der Waals surface area contributed by atoms with Crippen molar-refractivity contribution >= 4 is 12.4 Å². The Balaban J connectivity index is 2.58. The molecule has 0 spiro atoms. The van der Waals surface area contributed by atoms with E-state index in [0.717, 1.165) is 11.3 Å². The summed E-state index contributed by atoms with van der Waals surface area (Å²) in [5.41, 5.74) is 1.03. The summed E-state index contributed by atoms with van der Waals surface area (Å²) in [6, 6.07) is 7.45. The molecule has 2 N–H and O–H groups in total. The smallest absolute Gasteiger partial charge is 0.303 e. The van der Waals surface area contributed by atoms with Crippen LogP contribution in [0.1, 0.15) is 32.3 Å². The highest BCUT2D eigenvalue weighted by Crippen LogP contribution is 2.15. The predicted octanol–water partition coefficient (Wildman–Crippen LogP) is 2.00. The van der Waals surface area contributed by atoms with Crippen LogP contribution >= 0.6 is 0 Å². The Morgan fingerprint density at radius 2 is 2.00 bits per heavy atom. The van der Waals surface area contributed by atoms with Gasteiger partial charge in [0.25, 0.3) is 0 Å². The van der Waals surface area contributed by atoms with E-state index in [9.17, 15) is 9.59 Å². The number of hydrogen-bond donors (Lipinski definition) is 2. The Hall–Kier alpha value is -2.04. The molecule has 0 fully saturated rings. The number of rotatable bonds is 9. The first-order valence-electron chi connectivity index (χ1n) is 6.68. The molecule has 1 unspecified atom stereocenters. The number of carboxylic acids is 1. The van der Waals surface area contributed by atoms with Crippen LogP contribution in [-0.2, 0) is 16.0 Å². The van der Waals surface area contributed by atoms with Crippen LogP contribution in [0.3, 0.4) is 0 Å². The molecule has 5 nitrogen and oxygen atoms in total. The maximum Gasteiger partial charge on any atom is 0.303 e. The number of carbonyl (C=O) groups excluding carboxylic acids is 1. The van der Waals surface area contributed by atoms with Gasteiger partial charge in [0, 0.05) is 12.5 Å². The lowest BCUT2D eigenvalue weighted by Crippen LogP contribution is -2.30. The third-order valence-corrected chi connectivity index (χ3v) is 2.79. The van der Waals surface area contributed by atoms with Crippen LogP contribution in [0.25, 0.3) is 0 Å². The summed E-state index contributed by atoms with van der Waals surface area (Å²) in [7, 11) is 0. The van der Waals surface area contributed by atoms with E-state index in [0.29, 0.717) is 19.3 Å². The van der Waals surface area contributed by atoms with Gasteiger partial charge in [-0.15, -0.1) is 0 Å². The average molecular weight is 279 g/mol. The van der Waals surface area contributed by atoms with Crippen molar-refractivity contribution in [1.82, 2.24) is 5.32 Å². The Kier molecular flexibility index (Phi) is 6.56. The van der Waals surface area contributed by atoms with E-state index in [1.807, 2.05) is 38.1 Å². The quantitative estimate of drug-likeness (QED) is 0.678. The maximum absolute atomic E-state index is 10.6. The molecule has 0 aliphatic carbocycles. The third kappa shape index (κ3) is 6.22. The first kappa shape index (κ1) is 16.0. The number of ether oxygens (including phenoxy) is 1. The van der Waals surface area contributed by atoms with Crippen molar-refractivity contribution in [3.8, 4) is 5.75 Å². The van der Waals surface area contributed by atoms with Gasteiger partial charge in [-0.25, -0.2) is 0 Å². The van der Waals surface area contributed by atoms with Crippen molar-refractivity contribution in [2.45, 2.75) is 45.3 Å². The molecule has 1 aromatic rings. The number of amides is 1. The highest BCUT2D eigenvalue weighted by molar-refractivity contribution is 5.66. The van der Waals surface area contributed by atoms with E-state index in [1.54, 1.807) is 0 Å². The van der Waals surface area contributed by atoms with Gasteiger partial charge in [-0.1, -0.05) is 12.1 Å². The number of benzene rings is 1. The van der Waals surface area contributed by atoms with Gasteiger partial charge in [0.15, 0.2) is 0 Å². The molecule has 0 saturated carbocycles. The van der Waals surface area contributed by atoms with Crippen LogP contribution in [0.15, 0.2) is 24.3 Å². The zero-order valence-corrected chi connectivity index (χ0v) is 11.8. The van der Waals surface area contributed by atoms with Crippen molar-refractivity contribution in [3.63, 3.8) is 0 Å². The first-order valence-corrected chi connectivity index (χ1v) is 6.68. The highest BCUT2D eigenvalue weighted by atomic mass is 16.5. The molecule has 1 rings (SSSR count). The third-order valence-electron chi connectivity index (χ3n) is 2.79. The molecule has 1 aromatic carbocycles. The van der Waals surface area contributed by atoms with Gasteiger partial charge in [-0.3, -0.25) is 9.59 Å². The maximum atomic E-state index is 10.6. The van der Waals surface area contributed by atoms with E-state index < -0.39 is 5.97 Å². The fourth-order valence-electron chi connectivity index (χ4n) is 1.90. The first-order chi connectivity index (χ1) is 9.51. The molecule has 5 heteroatoms. The molecular formula is C15H21NO4. The Morgan fingerprint density at radius 1 is 1.35 bits per heavy atom. The molecule has 0 heterocycles. The summed E-state index contributed by atoms with van der Waals surface area (Å²) in [6.45, 7) is 3.92. The second kappa shape index (κ2) is 8.19. The number of carboxylic acid groups (broad SMARTS) is 1. The fourth-order valence-corrected chi connectivity index (χ4v) is 1.90. The van der Waals surface area contributed by atoms with Crippen molar-refractivity contribution < 1.29 is 19.4 Å². The standard InChI is InChI=1S/C15H21NO4/c1-11(2)20-14-6-3-12(4-7-14)9-13(16-10-17)5-8-15(18)19/h3-4,6-7,10-11,13H,5,8-9H2,1-2H3,(H,16,17)(H,18,19). The van der Waals surface area contributed by atoms with E-state index in [-0.39, 0.29) is 18.6 Å². The molecule has 0 aliphatic heterocycles. The Bertz CT molecular complexity index is 428. The topological polar surface area (TPSA) is 75.6 Å². The molecule has 1 atom stereocenters. The molecule has 20 heavy (non-hydrogen) atoms. The van der Waals surface area contributed by atoms with E-state index in [2.05, 4.69) is 5.32 Å². The zero-order chi connectivity index (χ0) is 15.0. The minimum atomic E-state index is -0.858.